The second-order valence-electron chi connectivity index (χ2n) is 7.35. The van der Waals surface area contributed by atoms with Gasteiger partial charge >= 0.3 is 0 Å². The van der Waals surface area contributed by atoms with Gasteiger partial charge in [0, 0.05) is 37.2 Å². The lowest BCUT2D eigenvalue weighted by molar-refractivity contribution is 0.0529. The van der Waals surface area contributed by atoms with E-state index in [0.29, 0.717) is 23.7 Å². The lowest BCUT2D eigenvalue weighted by Gasteiger charge is -2.32. The van der Waals surface area contributed by atoms with Gasteiger partial charge in [-0.25, -0.2) is 25.3 Å². The minimum absolute atomic E-state index is 0.177. The van der Waals surface area contributed by atoms with Crippen LogP contribution in [0.1, 0.15) is 22.8 Å². The average Bonchev–Trinajstić information content (AvgIpc) is 2.80. The summed E-state index contributed by atoms with van der Waals surface area (Å²) < 4.78 is 5.60. The zero-order valence-corrected chi connectivity index (χ0v) is 16.9. The lowest BCUT2D eigenvalue weighted by atomic mass is 10.0. The first-order chi connectivity index (χ1) is 15.2. The fraction of sp³-hybridized carbons (Fsp3) is 0.227. The Labute approximate surface area is 179 Å². The number of ether oxygens (including phenoxy) is 1. The molecule has 2 aliphatic heterocycles. The third-order valence-electron chi connectivity index (χ3n) is 5.14. The minimum atomic E-state index is -0.338. The number of aromatic nitrogens is 4. The number of hydrogen-bond donors (Lipinski definition) is 1. The molecule has 9 nitrogen and oxygen atoms in total. The third kappa shape index (κ3) is 3.95. The van der Waals surface area contributed by atoms with E-state index in [1.54, 1.807) is 24.7 Å². The average molecular weight is 414 g/mol. The molecule has 1 N–H and O–H groups in total. The Hall–Kier alpha value is -3.85. The summed E-state index contributed by atoms with van der Waals surface area (Å²) in [6.07, 6.45) is 10.0. The van der Waals surface area contributed by atoms with Crippen molar-refractivity contribution in [1.82, 2.24) is 25.3 Å². The van der Waals surface area contributed by atoms with Crippen LogP contribution in [0.2, 0.25) is 0 Å². The molecule has 0 spiro atoms. The Morgan fingerprint density at radius 3 is 2.84 bits per heavy atom. The Morgan fingerprint density at radius 1 is 1.19 bits per heavy atom. The molecular weight excluding hydrogens is 394 g/mol. The van der Waals surface area contributed by atoms with Crippen molar-refractivity contribution in [3.05, 3.63) is 60.4 Å². The maximum absolute atomic E-state index is 12.5. The normalized spacial score (nSPS) is 17.8. The minimum Gasteiger partial charge on any atom is -0.375 e. The highest BCUT2D eigenvalue weighted by atomic mass is 16.5. The van der Waals surface area contributed by atoms with Crippen molar-refractivity contribution < 1.29 is 9.53 Å². The van der Waals surface area contributed by atoms with Crippen LogP contribution in [0.5, 0.6) is 0 Å². The molecule has 1 atom stereocenters. The molecule has 155 valence electrons. The second-order valence-corrected chi connectivity index (χ2v) is 7.35. The van der Waals surface area contributed by atoms with Gasteiger partial charge in [0.25, 0.3) is 5.91 Å². The maximum Gasteiger partial charge on any atom is 0.281 e. The molecule has 5 rings (SSSR count). The Bertz CT molecular complexity index is 1130. The predicted octanol–water partition coefficient (Wildman–Crippen LogP) is 2.63. The van der Waals surface area contributed by atoms with E-state index in [1.165, 1.54) is 12.5 Å². The van der Waals surface area contributed by atoms with E-state index in [9.17, 15) is 4.79 Å². The quantitative estimate of drug-likeness (QED) is 0.694. The molecule has 0 unspecified atom stereocenters. The number of nitrogens with one attached hydrogen (secondary N) is 1. The number of amides is 1. The molecule has 31 heavy (non-hydrogen) atoms. The molecule has 5 heterocycles. The van der Waals surface area contributed by atoms with Gasteiger partial charge in [-0.05, 0) is 36.8 Å². The van der Waals surface area contributed by atoms with Crippen molar-refractivity contribution in [3.63, 3.8) is 0 Å². The lowest BCUT2D eigenvalue weighted by Crippen LogP contribution is -2.41. The molecule has 2 aliphatic rings. The Balaban J connectivity index is 1.47. The number of fused-ring (bicyclic) bond motifs is 1. The number of nitrogens with zero attached hydrogens (tertiary/aromatic N) is 6. The Kier molecular flexibility index (Phi) is 5.01. The van der Waals surface area contributed by atoms with Crippen LogP contribution in [-0.4, -0.2) is 51.6 Å². The number of anilines is 3. The number of pyridine rings is 2. The number of morpholine rings is 1. The van der Waals surface area contributed by atoms with Crippen LogP contribution in [0, 0.1) is 0 Å². The van der Waals surface area contributed by atoms with Crippen LogP contribution >= 0.6 is 0 Å². The summed E-state index contributed by atoms with van der Waals surface area (Å²) in [5, 5.41) is 7.14. The van der Waals surface area contributed by atoms with Crippen LogP contribution in [-0.2, 0) is 4.74 Å². The summed E-state index contributed by atoms with van der Waals surface area (Å²) in [6.45, 7) is 4.35. The summed E-state index contributed by atoms with van der Waals surface area (Å²) >= 11 is 0. The molecule has 1 saturated heterocycles. The number of carbonyl (C=O) groups excluding carboxylic acids is 1. The van der Waals surface area contributed by atoms with Crippen LogP contribution in [0.15, 0.2) is 49.3 Å². The summed E-state index contributed by atoms with van der Waals surface area (Å²) in [5.41, 5.74) is 3.31. The van der Waals surface area contributed by atoms with Crippen molar-refractivity contribution >= 4 is 29.3 Å². The van der Waals surface area contributed by atoms with Crippen molar-refractivity contribution in [2.45, 2.75) is 13.0 Å². The first-order valence-electron chi connectivity index (χ1n) is 9.99. The molecule has 3 aromatic heterocycles. The van der Waals surface area contributed by atoms with Crippen molar-refractivity contribution in [1.29, 1.82) is 0 Å². The van der Waals surface area contributed by atoms with E-state index in [0.717, 1.165) is 35.7 Å². The standard InChI is InChI=1S/C22H20N7O2/c1-14-12-29(6-7-31-14)19-3-2-17(11-26-19)27-21-20-15(4-5-25-22(20)30)8-18(28-21)16-9-23-13-24-10-16/h2-5,8-11,13-14H,6-7,12H2,1H3,(H,27,28)/t14-/m0/s1. The highest BCUT2D eigenvalue weighted by Crippen LogP contribution is 2.30. The van der Waals surface area contributed by atoms with Gasteiger partial charge in [-0.15, -0.1) is 0 Å². The van der Waals surface area contributed by atoms with Gasteiger partial charge in [-0.2, -0.15) is 0 Å². The van der Waals surface area contributed by atoms with Crippen molar-refractivity contribution in [3.8, 4) is 11.3 Å². The van der Waals surface area contributed by atoms with Crippen LogP contribution in [0.25, 0.3) is 17.3 Å². The van der Waals surface area contributed by atoms with Crippen molar-refractivity contribution in [2.24, 2.45) is 0 Å². The highest BCUT2D eigenvalue weighted by Gasteiger charge is 2.23. The largest absolute Gasteiger partial charge is 0.375 e. The summed E-state index contributed by atoms with van der Waals surface area (Å²) in [6, 6.07) is 5.71. The number of hydrogen-bond acceptors (Lipinski definition) is 8. The molecule has 1 amide bonds. The molecule has 0 saturated carbocycles. The molecular formula is C22H20N7O2. The number of rotatable bonds is 4. The van der Waals surface area contributed by atoms with E-state index in [1.807, 2.05) is 18.2 Å². The molecule has 9 heteroatoms. The van der Waals surface area contributed by atoms with Crippen LogP contribution in [0.3, 0.4) is 0 Å². The van der Waals surface area contributed by atoms with E-state index < -0.39 is 0 Å². The van der Waals surface area contributed by atoms with Gasteiger partial charge in [0.2, 0.25) is 0 Å². The molecule has 0 bridgehead atoms. The zero-order valence-electron chi connectivity index (χ0n) is 16.9. The van der Waals surface area contributed by atoms with E-state index in [2.05, 4.69) is 42.4 Å². The Morgan fingerprint density at radius 2 is 2.06 bits per heavy atom. The molecule has 0 aromatic carbocycles. The summed E-state index contributed by atoms with van der Waals surface area (Å²) in [7, 11) is 0. The molecule has 1 radical (unpaired) electrons. The highest BCUT2D eigenvalue weighted by molar-refractivity contribution is 6.05. The van der Waals surface area contributed by atoms with Gasteiger partial charge in [0.15, 0.2) is 0 Å². The summed E-state index contributed by atoms with van der Waals surface area (Å²) in [5.74, 6) is 0.971. The number of carbonyl (C=O) groups is 1. The SMILES string of the molecule is C[C@H]1CN(c2ccc(Nc3nc(-c4cncnc4)cc4c3C(=O)[N]C=C4)cn2)CCO1. The molecule has 0 aliphatic carbocycles. The second kappa shape index (κ2) is 8.11. The monoisotopic (exact) mass is 414 g/mol. The van der Waals surface area contributed by atoms with E-state index in [4.69, 9.17) is 4.74 Å². The zero-order chi connectivity index (χ0) is 21.2. The fourth-order valence-electron chi connectivity index (χ4n) is 3.65. The van der Waals surface area contributed by atoms with Gasteiger partial charge in [-0.1, -0.05) is 0 Å². The van der Waals surface area contributed by atoms with Gasteiger partial charge in [0.05, 0.1) is 35.9 Å². The van der Waals surface area contributed by atoms with Gasteiger partial charge in [0.1, 0.15) is 18.0 Å². The van der Waals surface area contributed by atoms with E-state index in [-0.39, 0.29) is 12.0 Å². The topological polar surface area (TPSA) is 107 Å². The smallest absolute Gasteiger partial charge is 0.281 e. The molecule has 3 aromatic rings. The van der Waals surface area contributed by atoms with Crippen molar-refractivity contribution in [2.75, 3.05) is 29.9 Å². The predicted molar refractivity (Wildman–Crippen MR) is 116 cm³/mol. The fourth-order valence-corrected chi connectivity index (χ4v) is 3.65. The third-order valence-corrected chi connectivity index (χ3v) is 5.14. The van der Waals surface area contributed by atoms with Gasteiger partial charge < -0.3 is 15.0 Å². The first kappa shape index (κ1) is 19.1. The maximum atomic E-state index is 12.5. The van der Waals surface area contributed by atoms with Crippen LogP contribution in [0.4, 0.5) is 17.3 Å². The van der Waals surface area contributed by atoms with E-state index >= 15 is 0 Å². The van der Waals surface area contributed by atoms with Gasteiger partial charge in [-0.3, -0.25) is 4.79 Å². The van der Waals surface area contributed by atoms with Crippen LogP contribution < -0.4 is 15.5 Å². The first-order valence-corrected chi connectivity index (χ1v) is 9.99. The molecule has 1 fully saturated rings. The summed E-state index contributed by atoms with van der Waals surface area (Å²) in [4.78, 5) is 32.0.